The van der Waals surface area contributed by atoms with Gasteiger partial charge >= 0.3 is 0 Å². The maximum atomic E-state index is 13.1. The van der Waals surface area contributed by atoms with Crippen molar-refractivity contribution in [3.05, 3.63) is 58.7 Å². The highest BCUT2D eigenvalue weighted by Gasteiger charge is 2.36. The molecule has 1 unspecified atom stereocenters. The van der Waals surface area contributed by atoms with E-state index in [0.717, 1.165) is 5.56 Å². The van der Waals surface area contributed by atoms with Gasteiger partial charge in [-0.15, -0.1) is 0 Å². The van der Waals surface area contributed by atoms with Crippen LogP contribution in [0.5, 0.6) is 0 Å². The molecule has 0 bridgehead atoms. The largest absolute Gasteiger partial charge is 0.352 e. The lowest BCUT2D eigenvalue weighted by Gasteiger charge is -2.33. The number of halogens is 1. The summed E-state index contributed by atoms with van der Waals surface area (Å²) < 4.78 is 0. The zero-order chi connectivity index (χ0) is 23.1. The Morgan fingerprint density at radius 1 is 1.25 bits per heavy atom. The summed E-state index contributed by atoms with van der Waals surface area (Å²) in [4.78, 5) is 55.1. The highest BCUT2D eigenvalue weighted by molar-refractivity contribution is 6.30. The van der Waals surface area contributed by atoms with Gasteiger partial charge < -0.3 is 5.32 Å². The second-order valence-electron chi connectivity index (χ2n) is 7.63. The third kappa shape index (κ3) is 6.37. The molecule has 1 aromatic rings. The molecule has 168 valence electrons. The van der Waals surface area contributed by atoms with Crippen molar-refractivity contribution in [3.8, 4) is 0 Å². The van der Waals surface area contributed by atoms with Gasteiger partial charge in [-0.25, -0.2) is 0 Å². The lowest BCUT2D eigenvalue weighted by atomic mass is 10.0. The van der Waals surface area contributed by atoms with Gasteiger partial charge in [-0.1, -0.05) is 42.0 Å². The van der Waals surface area contributed by atoms with Crippen molar-refractivity contribution in [2.75, 3.05) is 13.1 Å². The van der Waals surface area contributed by atoms with E-state index >= 15 is 0 Å². The fourth-order valence-corrected chi connectivity index (χ4v) is 3.68. The molecule has 0 saturated carbocycles. The van der Waals surface area contributed by atoms with Gasteiger partial charge in [-0.3, -0.25) is 34.4 Å². The quantitative estimate of drug-likeness (QED) is 0.660. The van der Waals surface area contributed by atoms with Crippen LogP contribution in [0.25, 0.3) is 0 Å². The van der Waals surface area contributed by atoms with E-state index in [9.17, 15) is 19.2 Å². The van der Waals surface area contributed by atoms with Gasteiger partial charge in [0.1, 0.15) is 11.9 Å². The van der Waals surface area contributed by atoms with Gasteiger partial charge in [0, 0.05) is 18.0 Å². The minimum atomic E-state index is -0.784. The normalized spacial score (nSPS) is 22.4. The van der Waals surface area contributed by atoms with Crippen LogP contribution in [0.15, 0.2) is 53.1 Å². The van der Waals surface area contributed by atoms with Crippen molar-refractivity contribution in [1.82, 2.24) is 15.5 Å². The Balaban J connectivity index is 1.68. The van der Waals surface area contributed by atoms with E-state index in [0.29, 0.717) is 23.0 Å². The first-order valence-corrected chi connectivity index (χ1v) is 10.7. The van der Waals surface area contributed by atoms with Crippen LogP contribution in [0.4, 0.5) is 0 Å². The molecule has 1 saturated heterocycles. The standard InChI is InChI=1S/C23H25ClN4O4/c1-15-25-11-3-2-4-17(14-26-21(30)12-16-5-7-18(24)8-6-16)13-22(31)28(15)19-9-10-20(29)27-23(19)32/h2-8,19H,9-14H2,1H3,(H,26,30)(H,27,29,32)/b3-2-,17-4+,25-15?. The van der Waals surface area contributed by atoms with Gasteiger partial charge in [-0.05, 0) is 36.6 Å². The van der Waals surface area contributed by atoms with E-state index in [4.69, 9.17) is 11.6 Å². The van der Waals surface area contributed by atoms with Crippen molar-refractivity contribution >= 4 is 41.1 Å². The van der Waals surface area contributed by atoms with Crippen LogP contribution >= 0.6 is 11.6 Å². The predicted molar refractivity (Wildman–Crippen MR) is 121 cm³/mol. The highest BCUT2D eigenvalue weighted by atomic mass is 35.5. The molecule has 1 atom stereocenters. The lowest BCUT2D eigenvalue weighted by molar-refractivity contribution is -0.142. The second kappa shape index (κ2) is 10.9. The Labute approximate surface area is 191 Å². The predicted octanol–water partition coefficient (Wildman–Crippen LogP) is 1.94. The molecular formula is C23H25ClN4O4. The molecule has 2 aliphatic rings. The third-order valence-electron chi connectivity index (χ3n) is 5.20. The molecule has 0 spiro atoms. The minimum Gasteiger partial charge on any atom is -0.352 e. The molecule has 1 fully saturated rings. The van der Waals surface area contributed by atoms with Crippen LogP contribution in [0.1, 0.15) is 31.7 Å². The molecule has 4 amide bonds. The number of carbonyl (C=O) groups is 4. The van der Waals surface area contributed by atoms with E-state index in [2.05, 4.69) is 15.6 Å². The SMILES string of the molecule is CC1=NC/C=C\C=C(\CNC(=O)Cc2ccc(Cl)cc2)CC(=O)N1C1CCC(=O)NC1=O. The molecule has 0 radical (unpaired) electrons. The van der Waals surface area contributed by atoms with Crippen molar-refractivity contribution < 1.29 is 19.2 Å². The summed E-state index contributed by atoms with van der Waals surface area (Å²) in [7, 11) is 0. The number of imide groups is 1. The van der Waals surface area contributed by atoms with E-state index in [1.807, 2.05) is 6.08 Å². The van der Waals surface area contributed by atoms with Crippen molar-refractivity contribution in [1.29, 1.82) is 0 Å². The molecule has 1 aromatic carbocycles. The zero-order valence-corrected chi connectivity index (χ0v) is 18.5. The number of amides is 4. The number of hydrogen-bond donors (Lipinski definition) is 2. The molecule has 32 heavy (non-hydrogen) atoms. The Morgan fingerprint density at radius 3 is 2.72 bits per heavy atom. The summed E-state index contributed by atoms with van der Waals surface area (Å²) >= 11 is 5.87. The number of amidine groups is 1. The fraction of sp³-hybridized carbons (Fsp3) is 0.348. The number of allylic oxidation sites excluding steroid dienone is 2. The molecule has 2 N–H and O–H groups in total. The second-order valence-corrected chi connectivity index (χ2v) is 8.06. The van der Waals surface area contributed by atoms with Gasteiger partial charge in [0.15, 0.2) is 0 Å². The first-order valence-electron chi connectivity index (χ1n) is 10.4. The Bertz CT molecular complexity index is 998. The summed E-state index contributed by atoms with van der Waals surface area (Å²) in [6.45, 7) is 2.21. The Hall–Kier alpha value is -3.26. The fourth-order valence-electron chi connectivity index (χ4n) is 3.56. The molecular weight excluding hydrogens is 432 g/mol. The minimum absolute atomic E-state index is 0.0101. The molecule has 2 aliphatic heterocycles. The summed E-state index contributed by atoms with van der Waals surface area (Å²) in [5, 5.41) is 5.73. The van der Waals surface area contributed by atoms with Crippen LogP contribution < -0.4 is 10.6 Å². The van der Waals surface area contributed by atoms with Crippen molar-refractivity contribution in [3.63, 3.8) is 0 Å². The monoisotopic (exact) mass is 456 g/mol. The average molecular weight is 457 g/mol. The number of carbonyl (C=O) groups excluding carboxylic acids is 4. The smallest absolute Gasteiger partial charge is 0.249 e. The number of nitrogens with zero attached hydrogens (tertiary/aromatic N) is 2. The summed E-state index contributed by atoms with van der Waals surface area (Å²) in [5.41, 5.74) is 1.53. The number of nitrogens with one attached hydrogen (secondary N) is 2. The van der Waals surface area contributed by atoms with E-state index in [1.165, 1.54) is 4.90 Å². The molecule has 0 aromatic heterocycles. The van der Waals surface area contributed by atoms with Gasteiger partial charge in [0.2, 0.25) is 23.6 Å². The van der Waals surface area contributed by atoms with Crippen LogP contribution in [-0.2, 0) is 25.6 Å². The summed E-state index contributed by atoms with van der Waals surface area (Å²) in [6.07, 6.45) is 6.02. The zero-order valence-electron chi connectivity index (χ0n) is 17.8. The van der Waals surface area contributed by atoms with Gasteiger partial charge in [0.25, 0.3) is 0 Å². The summed E-state index contributed by atoms with van der Waals surface area (Å²) in [6, 6.07) is 6.25. The van der Waals surface area contributed by atoms with E-state index in [1.54, 1.807) is 43.3 Å². The molecule has 8 nitrogen and oxygen atoms in total. The topological polar surface area (TPSA) is 108 Å². The maximum absolute atomic E-state index is 13.1. The Morgan fingerprint density at radius 2 is 2.00 bits per heavy atom. The molecule has 3 rings (SSSR count). The highest BCUT2D eigenvalue weighted by Crippen LogP contribution is 2.17. The van der Waals surface area contributed by atoms with Crippen molar-refractivity contribution in [2.24, 2.45) is 4.99 Å². The third-order valence-corrected chi connectivity index (χ3v) is 5.45. The maximum Gasteiger partial charge on any atom is 0.249 e. The lowest BCUT2D eigenvalue weighted by Crippen LogP contribution is -2.56. The number of rotatable bonds is 5. The van der Waals surface area contributed by atoms with Crippen LogP contribution in [0, 0.1) is 0 Å². The average Bonchev–Trinajstić information content (AvgIpc) is 2.74. The molecule has 2 heterocycles. The number of hydrogen-bond acceptors (Lipinski definition) is 5. The van der Waals surface area contributed by atoms with E-state index < -0.39 is 11.9 Å². The number of benzene rings is 1. The first kappa shape index (κ1) is 23.4. The molecule has 0 aliphatic carbocycles. The van der Waals surface area contributed by atoms with Gasteiger partial charge in [-0.2, -0.15) is 0 Å². The first-order chi connectivity index (χ1) is 15.3. The van der Waals surface area contributed by atoms with Gasteiger partial charge in [0.05, 0.1) is 19.4 Å². The number of aliphatic imine (C=N–C) groups is 1. The molecule has 9 heteroatoms. The van der Waals surface area contributed by atoms with E-state index in [-0.39, 0.29) is 49.9 Å². The number of piperidine rings is 1. The van der Waals surface area contributed by atoms with Crippen molar-refractivity contribution in [2.45, 2.75) is 38.6 Å². The summed E-state index contributed by atoms with van der Waals surface area (Å²) in [5.74, 6) is -0.919. The Kier molecular flexibility index (Phi) is 7.94. The van der Waals surface area contributed by atoms with Crippen LogP contribution in [-0.4, -0.2) is 53.5 Å². The van der Waals surface area contributed by atoms with Crippen LogP contribution in [0.2, 0.25) is 5.02 Å². The van der Waals surface area contributed by atoms with Crippen LogP contribution in [0.3, 0.4) is 0 Å².